The van der Waals surface area contributed by atoms with E-state index in [2.05, 4.69) is 11.4 Å². The third kappa shape index (κ3) is 3.64. The number of amides is 1. The third-order valence-corrected chi connectivity index (χ3v) is 5.84. The predicted octanol–water partition coefficient (Wildman–Crippen LogP) is 5.46. The van der Waals surface area contributed by atoms with Crippen molar-refractivity contribution in [3.63, 3.8) is 0 Å². The van der Waals surface area contributed by atoms with Crippen LogP contribution in [0.5, 0.6) is 0 Å². The van der Waals surface area contributed by atoms with Gasteiger partial charge in [-0.3, -0.25) is 4.79 Å². The number of nitrogens with one attached hydrogen (secondary N) is 1. The minimum Gasteiger partial charge on any atom is -0.313 e. The first-order valence-corrected chi connectivity index (χ1v) is 9.14. The third-order valence-electron chi connectivity index (χ3n) is 3.89. The van der Waals surface area contributed by atoms with Crippen LogP contribution in [0, 0.1) is 11.3 Å². The molecule has 0 radical (unpaired) electrons. The maximum absolute atomic E-state index is 12.2. The molecular formula is C18H14Cl2N2OS. The summed E-state index contributed by atoms with van der Waals surface area (Å²) in [5.74, 6) is -0.267. The average Bonchev–Trinajstić information content (AvgIpc) is 2.92. The van der Waals surface area contributed by atoms with Crippen LogP contribution >= 0.6 is 34.5 Å². The van der Waals surface area contributed by atoms with Crippen molar-refractivity contribution in [1.82, 2.24) is 0 Å². The first-order chi connectivity index (χ1) is 11.6. The van der Waals surface area contributed by atoms with E-state index in [-0.39, 0.29) is 5.91 Å². The average molecular weight is 377 g/mol. The van der Waals surface area contributed by atoms with E-state index in [1.807, 2.05) is 0 Å². The molecule has 1 aromatic heterocycles. The Hall–Kier alpha value is -1.80. The predicted molar refractivity (Wildman–Crippen MR) is 99.8 cm³/mol. The highest BCUT2D eigenvalue weighted by atomic mass is 35.5. The highest BCUT2D eigenvalue weighted by Crippen LogP contribution is 2.37. The fraction of sp³-hybridized carbons (Fsp3) is 0.222. The molecule has 3 nitrogen and oxygen atoms in total. The Kier molecular flexibility index (Phi) is 5.25. The fourth-order valence-electron chi connectivity index (χ4n) is 2.71. The molecule has 0 atom stereocenters. The second-order valence-electron chi connectivity index (χ2n) is 5.52. The number of halogens is 2. The van der Waals surface area contributed by atoms with Crippen molar-refractivity contribution in [3.8, 4) is 6.07 Å². The quantitative estimate of drug-likeness (QED) is 0.723. The van der Waals surface area contributed by atoms with Crippen LogP contribution in [-0.4, -0.2) is 5.91 Å². The molecule has 24 heavy (non-hydrogen) atoms. The van der Waals surface area contributed by atoms with Crippen molar-refractivity contribution in [2.75, 3.05) is 5.32 Å². The largest absolute Gasteiger partial charge is 0.313 e. The van der Waals surface area contributed by atoms with Gasteiger partial charge in [0, 0.05) is 11.0 Å². The number of aryl methyl sites for hydroxylation is 1. The number of anilines is 1. The van der Waals surface area contributed by atoms with Gasteiger partial charge in [-0.05, 0) is 55.0 Å². The summed E-state index contributed by atoms with van der Waals surface area (Å²) in [5.41, 5.74) is 2.51. The molecule has 0 bridgehead atoms. The van der Waals surface area contributed by atoms with E-state index in [0.29, 0.717) is 20.6 Å². The molecule has 3 rings (SSSR count). The Morgan fingerprint density at radius 1 is 1.25 bits per heavy atom. The smallest absolute Gasteiger partial charge is 0.249 e. The van der Waals surface area contributed by atoms with E-state index in [0.717, 1.165) is 36.8 Å². The van der Waals surface area contributed by atoms with Gasteiger partial charge in [0.2, 0.25) is 5.91 Å². The number of hydrogen-bond donors (Lipinski definition) is 1. The number of rotatable bonds is 3. The lowest BCUT2D eigenvalue weighted by molar-refractivity contribution is -0.111. The molecule has 1 aromatic carbocycles. The molecule has 0 fully saturated rings. The second-order valence-corrected chi connectivity index (χ2v) is 7.44. The maximum Gasteiger partial charge on any atom is 0.249 e. The van der Waals surface area contributed by atoms with Gasteiger partial charge in [0.25, 0.3) is 0 Å². The molecule has 6 heteroatoms. The van der Waals surface area contributed by atoms with E-state index in [9.17, 15) is 10.1 Å². The molecule has 1 aliphatic carbocycles. The summed E-state index contributed by atoms with van der Waals surface area (Å²) in [6, 6.07) is 7.39. The molecule has 2 aromatic rings. The minimum absolute atomic E-state index is 0.267. The maximum atomic E-state index is 12.2. The number of benzene rings is 1. The Labute approximate surface area is 154 Å². The lowest BCUT2D eigenvalue weighted by Crippen LogP contribution is -2.07. The molecule has 0 unspecified atom stereocenters. The Morgan fingerprint density at radius 3 is 2.79 bits per heavy atom. The number of fused-ring (bicyclic) bond motifs is 1. The van der Waals surface area contributed by atoms with Gasteiger partial charge in [0.15, 0.2) is 0 Å². The zero-order chi connectivity index (χ0) is 17.1. The van der Waals surface area contributed by atoms with Gasteiger partial charge >= 0.3 is 0 Å². The minimum atomic E-state index is -0.267. The van der Waals surface area contributed by atoms with E-state index in [1.165, 1.54) is 22.3 Å². The molecule has 0 spiro atoms. The van der Waals surface area contributed by atoms with Gasteiger partial charge < -0.3 is 5.32 Å². The zero-order valence-electron chi connectivity index (χ0n) is 12.7. The number of nitrogens with zero attached hydrogens (tertiary/aromatic N) is 1. The van der Waals surface area contributed by atoms with E-state index >= 15 is 0 Å². The summed E-state index contributed by atoms with van der Waals surface area (Å²) in [4.78, 5) is 13.4. The molecule has 0 aliphatic heterocycles. The van der Waals surface area contributed by atoms with Gasteiger partial charge in [-0.1, -0.05) is 29.3 Å². The van der Waals surface area contributed by atoms with Crippen molar-refractivity contribution in [3.05, 3.63) is 55.9 Å². The van der Waals surface area contributed by atoms with Crippen LogP contribution in [0.15, 0.2) is 24.3 Å². The van der Waals surface area contributed by atoms with Crippen LogP contribution in [0.3, 0.4) is 0 Å². The topological polar surface area (TPSA) is 52.9 Å². The molecular weight excluding hydrogens is 363 g/mol. The van der Waals surface area contributed by atoms with Crippen LogP contribution in [0.25, 0.3) is 6.08 Å². The number of hydrogen-bond acceptors (Lipinski definition) is 3. The zero-order valence-corrected chi connectivity index (χ0v) is 15.1. The molecule has 122 valence electrons. The lowest BCUT2D eigenvalue weighted by atomic mass is 9.96. The van der Waals surface area contributed by atoms with Crippen molar-refractivity contribution in [2.45, 2.75) is 25.7 Å². The van der Waals surface area contributed by atoms with Crippen LogP contribution in [-0.2, 0) is 17.6 Å². The Balaban J connectivity index is 1.75. The standard InChI is InChI=1S/C18H14Cl2N2OS/c19-14-7-5-11(9-15(14)20)6-8-17(23)22-18-13(10-21)12-3-1-2-4-16(12)24-18/h5-9H,1-4H2,(H,22,23)/b8-6+. The van der Waals surface area contributed by atoms with E-state index < -0.39 is 0 Å². The number of carbonyl (C=O) groups excluding carboxylic acids is 1. The van der Waals surface area contributed by atoms with Gasteiger partial charge in [-0.25, -0.2) is 0 Å². The van der Waals surface area contributed by atoms with Crippen LogP contribution in [0.2, 0.25) is 10.0 Å². The summed E-state index contributed by atoms with van der Waals surface area (Å²) in [6.07, 6.45) is 7.25. The van der Waals surface area contributed by atoms with Crippen molar-refractivity contribution in [2.24, 2.45) is 0 Å². The molecule has 0 saturated heterocycles. The first-order valence-electron chi connectivity index (χ1n) is 7.57. The second kappa shape index (κ2) is 7.40. The van der Waals surface area contributed by atoms with Crippen molar-refractivity contribution in [1.29, 1.82) is 5.26 Å². The van der Waals surface area contributed by atoms with Crippen LogP contribution in [0.4, 0.5) is 5.00 Å². The SMILES string of the molecule is N#Cc1c(NC(=O)/C=C/c2ccc(Cl)c(Cl)c2)sc2c1CCCC2. The number of carbonyl (C=O) groups is 1. The van der Waals surface area contributed by atoms with Gasteiger partial charge in [0.05, 0.1) is 15.6 Å². The highest BCUT2D eigenvalue weighted by molar-refractivity contribution is 7.16. The van der Waals surface area contributed by atoms with Gasteiger partial charge in [0.1, 0.15) is 11.1 Å². The molecule has 1 N–H and O–H groups in total. The van der Waals surface area contributed by atoms with Crippen LogP contribution in [0.1, 0.15) is 34.4 Å². The normalized spacial score (nSPS) is 13.5. The van der Waals surface area contributed by atoms with Gasteiger partial charge in [-0.2, -0.15) is 5.26 Å². The summed E-state index contributed by atoms with van der Waals surface area (Å²) in [5, 5.41) is 13.8. The number of thiophene rings is 1. The Morgan fingerprint density at radius 2 is 2.04 bits per heavy atom. The van der Waals surface area contributed by atoms with Gasteiger partial charge in [-0.15, -0.1) is 11.3 Å². The Bertz CT molecular complexity index is 865. The number of nitriles is 1. The summed E-state index contributed by atoms with van der Waals surface area (Å²) >= 11 is 13.3. The highest BCUT2D eigenvalue weighted by Gasteiger charge is 2.21. The molecule has 0 saturated carbocycles. The monoisotopic (exact) mass is 376 g/mol. The summed E-state index contributed by atoms with van der Waals surface area (Å²) < 4.78 is 0. The fourth-order valence-corrected chi connectivity index (χ4v) is 4.26. The van der Waals surface area contributed by atoms with Crippen molar-refractivity contribution >= 4 is 51.5 Å². The van der Waals surface area contributed by atoms with Crippen molar-refractivity contribution < 1.29 is 4.79 Å². The lowest BCUT2D eigenvalue weighted by Gasteiger charge is -2.09. The van der Waals surface area contributed by atoms with E-state index in [4.69, 9.17) is 23.2 Å². The molecule has 1 aliphatic rings. The summed E-state index contributed by atoms with van der Waals surface area (Å²) in [7, 11) is 0. The first kappa shape index (κ1) is 17.0. The summed E-state index contributed by atoms with van der Waals surface area (Å²) in [6.45, 7) is 0. The van der Waals surface area contributed by atoms with E-state index in [1.54, 1.807) is 24.3 Å². The van der Waals surface area contributed by atoms with Crippen LogP contribution < -0.4 is 5.32 Å². The molecule has 1 heterocycles. The molecule has 1 amide bonds.